The number of nitrogens with two attached hydrogens (primary N) is 1. The van der Waals surface area contributed by atoms with Gasteiger partial charge in [-0.25, -0.2) is 0 Å². The Morgan fingerprint density at radius 1 is 1.19 bits per heavy atom. The molecule has 0 aliphatic heterocycles. The molecule has 0 spiro atoms. The monoisotopic (exact) mass is 374 g/mol. The normalized spacial score (nSPS) is 10.7. The van der Waals surface area contributed by atoms with E-state index in [1.165, 1.54) is 11.8 Å². The Morgan fingerprint density at radius 2 is 1.88 bits per heavy atom. The Bertz CT molecular complexity index is 912. The third-order valence-corrected chi connectivity index (χ3v) is 4.51. The molecule has 8 nitrogen and oxygen atoms in total. The van der Waals surface area contributed by atoms with E-state index in [4.69, 9.17) is 19.6 Å². The van der Waals surface area contributed by atoms with Crippen LogP contribution in [0.3, 0.4) is 0 Å². The van der Waals surface area contributed by atoms with E-state index in [0.29, 0.717) is 33.9 Å². The summed E-state index contributed by atoms with van der Waals surface area (Å²) in [6, 6.07) is 9.07. The zero-order chi connectivity index (χ0) is 18.7. The number of methoxy groups -OCH3 is 2. The first-order chi connectivity index (χ1) is 12.5. The second-order valence-corrected chi connectivity index (χ2v) is 6.26. The van der Waals surface area contributed by atoms with E-state index in [-0.39, 0.29) is 5.75 Å². The van der Waals surface area contributed by atoms with Crippen molar-refractivity contribution in [2.45, 2.75) is 12.1 Å². The minimum absolute atomic E-state index is 0.0623. The molecule has 1 aromatic carbocycles. The van der Waals surface area contributed by atoms with Crippen molar-refractivity contribution in [3.63, 3.8) is 0 Å². The van der Waals surface area contributed by atoms with Gasteiger partial charge in [-0.1, -0.05) is 17.8 Å². The lowest BCUT2D eigenvalue weighted by Gasteiger charge is -2.16. The highest BCUT2D eigenvalue weighted by Gasteiger charge is 2.24. The molecular weight excluding hydrogens is 356 g/mol. The van der Waals surface area contributed by atoms with E-state index in [0.717, 1.165) is 5.76 Å². The SMILES string of the molecule is COc1cccc(OC)c1-n1c(SCC(N)=O)nnc1-c1ccc(C)o1. The van der Waals surface area contributed by atoms with E-state index in [2.05, 4.69) is 10.2 Å². The molecule has 0 saturated carbocycles. The van der Waals surface area contributed by atoms with Gasteiger partial charge in [0.15, 0.2) is 10.9 Å². The number of aryl methyl sites for hydroxylation is 1. The molecule has 0 atom stereocenters. The maximum absolute atomic E-state index is 11.2. The highest BCUT2D eigenvalue weighted by Crippen LogP contribution is 2.38. The van der Waals surface area contributed by atoms with Crippen LogP contribution in [0.5, 0.6) is 11.5 Å². The van der Waals surface area contributed by atoms with Crippen molar-refractivity contribution in [2.75, 3.05) is 20.0 Å². The molecule has 1 amide bonds. The number of ether oxygens (including phenoxy) is 2. The Labute approximate surface area is 154 Å². The van der Waals surface area contributed by atoms with Crippen LogP contribution in [0, 0.1) is 6.92 Å². The minimum atomic E-state index is -0.452. The van der Waals surface area contributed by atoms with Crippen LogP contribution < -0.4 is 15.2 Å². The fraction of sp³-hybridized carbons (Fsp3) is 0.235. The molecule has 0 radical (unpaired) electrons. The average Bonchev–Trinajstić information content (AvgIpc) is 3.24. The van der Waals surface area contributed by atoms with E-state index < -0.39 is 5.91 Å². The third kappa shape index (κ3) is 3.38. The maximum Gasteiger partial charge on any atom is 0.227 e. The number of furan rings is 1. The van der Waals surface area contributed by atoms with Gasteiger partial charge in [0.25, 0.3) is 0 Å². The molecule has 9 heteroatoms. The number of amides is 1. The standard InChI is InChI=1S/C17H18N4O4S/c1-10-7-8-13(25-10)16-19-20-17(26-9-14(18)22)21(16)15-11(23-2)5-4-6-12(15)24-3/h4-8H,9H2,1-3H3,(H2,18,22). The molecule has 3 aromatic rings. The summed E-state index contributed by atoms with van der Waals surface area (Å²) in [4.78, 5) is 11.2. The van der Waals surface area contributed by atoms with Crippen molar-refractivity contribution in [1.82, 2.24) is 14.8 Å². The van der Waals surface area contributed by atoms with Gasteiger partial charge in [0, 0.05) is 0 Å². The van der Waals surface area contributed by atoms with Crippen LogP contribution >= 0.6 is 11.8 Å². The number of carbonyl (C=O) groups is 1. The van der Waals surface area contributed by atoms with Gasteiger partial charge < -0.3 is 19.6 Å². The zero-order valence-corrected chi connectivity index (χ0v) is 15.4. The predicted octanol–water partition coefficient (Wildman–Crippen LogP) is 2.43. The minimum Gasteiger partial charge on any atom is -0.494 e. The molecule has 0 aliphatic carbocycles. The van der Waals surface area contributed by atoms with Gasteiger partial charge in [0.2, 0.25) is 11.7 Å². The number of thioether (sulfide) groups is 1. The second-order valence-electron chi connectivity index (χ2n) is 5.32. The molecule has 0 fully saturated rings. The van der Waals surface area contributed by atoms with E-state index in [1.54, 1.807) is 37.0 Å². The predicted molar refractivity (Wildman–Crippen MR) is 96.8 cm³/mol. The number of carbonyl (C=O) groups excluding carboxylic acids is 1. The summed E-state index contributed by atoms with van der Waals surface area (Å²) < 4.78 is 18.5. The van der Waals surface area contributed by atoms with Crippen LogP contribution in [0.1, 0.15) is 5.76 Å². The summed E-state index contributed by atoms with van der Waals surface area (Å²) in [5.74, 6) is 2.48. The topological polar surface area (TPSA) is 105 Å². The quantitative estimate of drug-likeness (QED) is 0.633. The third-order valence-electron chi connectivity index (χ3n) is 3.56. The molecular formula is C17H18N4O4S. The first-order valence-corrected chi connectivity index (χ1v) is 8.68. The lowest BCUT2D eigenvalue weighted by Crippen LogP contribution is -2.14. The van der Waals surface area contributed by atoms with Gasteiger partial charge >= 0.3 is 0 Å². The lowest BCUT2D eigenvalue weighted by molar-refractivity contribution is -0.115. The first-order valence-electron chi connectivity index (χ1n) is 7.69. The van der Waals surface area contributed by atoms with Crippen molar-refractivity contribution in [2.24, 2.45) is 5.73 Å². The number of hydrogen-bond acceptors (Lipinski definition) is 7. The summed E-state index contributed by atoms with van der Waals surface area (Å²) in [7, 11) is 3.13. The molecule has 2 aromatic heterocycles. The van der Waals surface area contributed by atoms with E-state index in [9.17, 15) is 4.79 Å². The summed E-state index contributed by atoms with van der Waals surface area (Å²) in [6.45, 7) is 1.84. The maximum atomic E-state index is 11.2. The number of primary amides is 1. The number of hydrogen-bond donors (Lipinski definition) is 1. The Kier molecular flexibility index (Phi) is 5.17. The molecule has 2 N–H and O–H groups in total. The van der Waals surface area contributed by atoms with Gasteiger partial charge in [-0.15, -0.1) is 10.2 Å². The largest absolute Gasteiger partial charge is 0.494 e. The molecule has 136 valence electrons. The highest BCUT2D eigenvalue weighted by molar-refractivity contribution is 7.99. The summed E-state index contributed by atoms with van der Waals surface area (Å²) >= 11 is 1.17. The van der Waals surface area contributed by atoms with Crippen molar-refractivity contribution < 1.29 is 18.7 Å². The first kappa shape index (κ1) is 17.9. The van der Waals surface area contributed by atoms with E-state index in [1.807, 2.05) is 19.1 Å². The molecule has 0 bridgehead atoms. The fourth-order valence-corrected chi connectivity index (χ4v) is 3.14. The van der Waals surface area contributed by atoms with Crippen molar-refractivity contribution >= 4 is 17.7 Å². The highest BCUT2D eigenvalue weighted by atomic mass is 32.2. The Hall–Kier alpha value is -2.94. The lowest BCUT2D eigenvalue weighted by atomic mass is 10.2. The van der Waals surface area contributed by atoms with Crippen LogP contribution in [0.2, 0.25) is 0 Å². The van der Waals surface area contributed by atoms with Crippen LogP contribution in [0.4, 0.5) is 0 Å². The van der Waals surface area contributed by atoms with Crippen LogP contribution in [0.25, 0.3) is 17.3 Å². The Morgan fingerprint density at radius 3 is 2.42 bits per heavy atom. The number of rotatable bonds is 7. The zero-order valence-electron chi connectivity index (χ0n) is 14.6. The average molecular weight is 374 g/mol. The number of aromatic nitrogens is 3. The fourth-order valence-electron chi connectivity index (χ4n) is 2.47. The molecule has 0 saturated heterocycles. The Balaban J connectivity index is 2.24. The molecule has 3 rings (SSSR count). The number of nitrogens with zero attached hydrogens (tertiary/aromatic N) is 3. The number of para-hydroxylation sites is 1. The van der Waals surface area contributed by atoms with Gasteiger partial charge in [-0.05, 0) is 31.2 Å². The van der Waals surface area contributed by atoms with Gasteiger partial charge in [0.1, 0.15) is 22.9 Å². The van der Waals surface area contributed by atoms with Gasteiger partial charge in [-0.2, -0.15) is 0 Å². The van der Waals surface area contributed by atoms with Crippen molar-refractivity contribution in [1.29, 1.82) is 0 Å². The molecule has 26 heavy (non-hydrogen) atoms. The van der Waals surface area contributed by atoms with Crippen LogP contribution in [0.15, 0.2) is 39.9 Å². The van der Waals surface area contributed by atoms with Crippen LogP contribution in [-0.4, -0.2) is 40.6 Å². The summed E-state index contributed by atoms with van der Waals surface area (Å²) in [5, 5.41) is 8.91. The van der Waals surface area contributed by atoms with Gasteiger partial charge in [-0.3, -0.25) is 9.36 Å². The number of benzene rings is 1. The van der Waals surface area contributed by atoms with Gasteiger partial charge in [0.05, 0.1) is 20.0 Å². The summed E-state index contributed by atoms with van der Waals surface area (Å²) in [6.07, 6.45) is 0. The molecule has 0 aliphatic rings. The van der Waals surface area contributed by atoms with E-state index >= 15 is 0 Å². The smallest absolute Gasteiger partial charge is 0.227 e. The second kappa shape index (κ2) is 7.52. The summed E-state index contributed by atoms with van der Waals surface area (Å²) in [5.41, 5.74) is 5.89. The molecule has 2 heterocycles. The van der Waals surface area contributed by atoms with Crippen LogP contribution in [-0.2, 0) is 4.79 Å². The molecule has 0 unspecified atom stereocenters. The van der Waals surface area contributed by atoms with Crippen molar-refractivity contribution in [3.05, 3.63) is 36.1 Å². The van der Waals surface area contributed by atoms with Crippen molar-refractivity contribution in [3.8, 4) is 28.8 Å².